The van der Waals surface area contributed by atoms with Gasteiger partial charge in [-0.1, -0.05) is 26.0 Å². The van der Waals surface area contributed by atoms with Gasteiger partial charge in [-0.25, -0.2) is 0 Å². The van der Waals surface area contributed by atoms with Crippen LogP contribution in [-0.4, -0.2) is 66.5 Å². The first kappa shape index (κ1) is 23.4. The highest BCUT2D eigenvalue weighted by atomic mass is 16.6. The highest BCUT2D eigenvalue weighted by Gasteiger charge is 2.76. The smallest absolute Gasteiger partial charge is 0.313 e. The van der Waals surface area contributed by atoms with E-state index in [0.717, 1.165) is 24.6 Å². The van der Waals surface area contributed by atoms with Crippen molar-refractivity contribution in [2.24, 2.45) is 16.2 Å². The minimum atomic E-state index is -1.05. The molecule has 1 aliphatic carbocycles. The van der Waals surface area contributed by atoms with Gasteiger partial charge < -0.3 is 23.7 Å². The first-order chi connectivity index (χ1) is 17.1. The van der Waals surface area contributed by atoms with Gasteiger partial charge >= 0.3 is 5.97 Å². The van der Waals surface area contributed by atoms with Crippen molar-refractivity contribution in [1.82, 2.24) is 9.80 Å². The van der Waals surface area contributed by atoms with Crippen LogP contribution in [0, 0.1) is 16.2 Å². The number of nitrogens with zero attached hydrogens (tertiary/aromatic N) is 2. The molecule has 4 aliphatic rings. The topological polar surface area (TPSA) is 89.3 Å². The zero-order chi connectivity index (χ0) is 25.5. The molecule has 2 atom stereocenters. The van der Waals surface area contributed by atoms with Gasteiger partial charge in [0.1, 0.15) is 0 Å². The van der Waals surface area contributed by atoms with E-state index >= 15 is 0 Å². The van der Waals surface area contributed by atoms with Crippen LogP contribution in [0.4, 0.5) is 0 Å². The molecule has 2 aromatic rings. The Labute approximate surface area is 210 Å². The number of carbonyl (C=O) groups excluding carboxylic acids is 3. The van der Waals surface area contributed by atoms with Gasteiger partial charge in [-0.05, 0) is 56.6 Å². The molecule has 4 heterocycles. The quantitative estimate of drug-likeness (QED) is 0.599. The van der Waals surface area contributed by atoms with Gasteiger partial charge in [0.25, 0.3) is 11.8 Å². The molecule has 1 spiro atoms. The molecular weight excluding hydrogens is 460 g/mol. The molecule has 2 unspecified atom stereocenters. The molecule has 1 aromatic carbocycles. The number of amides is 2. The van der Waals surface area contributed by atoms with Crippen LogP contribution in [0.15, 0.2) is 28.7 Å². The van der Waals surface area contributed by atoms with Crippen LogP contribution in [0.3, 0.4) is 0 Å². The van der Waals surface area contributed by atoms with Gasteiger partial charge in [-0.2, -0.15) is 0 Å². The summed E-state index contributed by atoms with van der Waals surface area (Å²) in [6, 6.07) is 7.38. The Morgan fingerprint density at radius 3 is 2.28 bits per heavy atom. The maximum Gasteiger partial charge on any atom is 0.313 e. The second-order valence-electron chi connectivity index (χ2n) is 11.9. The maximum absolute atomic E-state index is 13.8. The number of hydrogen-bond acceptors (Lipinski definition) is 6. The number of benzene rings is 1. The summed E-state index contributed by atoms with van der Waals surface area (Å²) in [6.07, 6.45) is 3.85. The van der Waals surface area contributed by atoms with E-state index in [2.05, 4.69) is 0 Å². The van der Waals surface area contributed by atoms with Gasteiger partial charge in [0, 0.05) is 37.0 Å². The Morgan fingerprint density at radius 1 is 0.972 bits per heavy atom. The van der Waals surface area contributed by atoms with Gasteiger partial charge in [-0.15, -0.1) is 0 Å². The van der Waals surface area contributed by atoms with Gasteiger partial charge in [-0.3, -0.25) is 14.4 Å². The summed E-state index contributed by atoms with van der Waals surface area (Å²) in [7, 11) is 1.58. The lowest BCUT2D eigenvalue weighted by atomic mass is 9.66. The SMILES string of the molecule is COc1cccc2cc(C(=O)N3CCC4(CC3)CCN(C(=O)C35CCC(C)(C(=O)O3)C5(C)C)C4)oc12. The molecule has 36 heavy (non-hydrogen) atoms. The molecule has 2 bridgehead atoms. The molecule has 3 saturated heterocycles. The lowest BCUT2D eigenvalue weighted by Gasteiger charge is -2.41. The van der Waals surface area contributed by atoms with Crippen molar-refractivity contribution in [2.45, 2.75) is 58.5 Å². The van der Waals surface area contributed by atoms with E-state index in [0.29, 0.717) is 56.1 Å². The first-order valence-corrected chi connectivity index (χ1v) is 12.9. The molecule has 6 rings (SSSR count). The molecule has 3 aliphatic heterocycles. The van der Waals surface area contributed by atoms with Crippen LogP contribution in [0.2, 0.25) is 0 Å². The molecule has 4 fully saturated rings. The van der Waals surface area contributed by atoms with Crippen molar-refractivity contribution < 1.29 is 28.3 Å². The van der Waals surface area contributed by atoms with Crippen molar-refractivity contribution in [3.05, 3.63) is 30.0 Å². The van der Waals surface area contributed by atoms with Crippen molar-refractivity contribution in [2.75, 3.05) is 33.3 Å². The fraction of sp³-hybridized carbons (Fsp3) is 0.607. The van der Waals surface area contributed by atoms with E-state index in [4.69, 9.17) is 13.9 Å². The summed E-state index contributed by atoms with van der Waals surface area (Å²) >= 11 is 0. The number of likely N-dealkylation sites (tertiary alicyclic amines) is 2. The molecule has 0 radical (unpaired) electrons. The number of furan rings is 1. The zero-order valence-electron chi connectivity index (χ0n) is 21.5. The second-order valence-corrected chi connectivity index (χ2v) is 11.9. The molecule has 1 saturated carbocycles. The van der Waals surface area contributed by atoms with Crippen LogP contribution in [0.5, 0.6) is 5.75 Å². The molecule has 8 heteroatoms. The fourth-order valence-corrected chi connectivity index (χ4v) is 7.14. The summed E-state index contributed by atoms with van der Waals surface area (Å²) in [4.78, 5) is 43.5. The monoisotopic (exact) mass is 494 g/mol. The lowest BCUT2D eigenvalue weighted by molar-refractivity contribution is -0.173. The maximum atomic E-state index is 13.8. The van der Waals surface area contributed by atoms with Crippen LogP contribution < -0.4 is 4.74 Å². The zero-order valence-corrected chi connectivity index (χ0v) is 21.5. The highest BCUT2D eigenvalue weighted by molar-refractivity contribution is 5.98. The number of piperidine rings is 1. The number of esters is 1. The highest BCUT2D eigenvalue weighted by Crippen LogP contribution is 2.66. The summed E-state index contributed by atoms with van der Waals surface area (Å²) < 4.78 is 17.1. The minimum absolute atomic E-state index is 0.00512. The largest absolute Gasteiger partial charge is 0.493 e. The molecule has 2 amide bonds. The Morgan fingerprint density at radius 2 is 1.67 bits per heavy atom. The third-order valence-electron chi connectivity index (χ3n) is 10.2. The Kier molecular flexibility index (Phi) is 4.87. The van der Waals surface area contributed by atoms with E-state index in [1.165, 1.54) is 0 Å². The molecule has 1 aromatic heterocycles. The molecule has 192 valence electrons. The minimum Gasteiger partial charge on any atom is -0.493 e. The normalized spacial score (nSPS) is 30.3. The van der Waals surface area contributed by atoms with Crippen molar-refractivity contribution in [3.8, 4) is 5.75 Å². The van der Waals surface area contributed by atoms with Crippen molar-refractivity contribution in [3.63, 3.8) is 0 Å². The lowest BCUT2D eigenvalue weighted by Crippen LogP contribution is -2.55. The fourth-order valence-electron chi connectivity index (χ4n) is 7.14. The number of para-hydroxylation sites is 1. The summed E-state index contributed by atoms with van der Waals surface area (Å²) in [5.74, 6) is 0.544. The van der Waals surface area contributed by atoms with Crippen LogP contribution in [0.1, 0.15) is 63.4 Å². The number of hydrogen-bond donors (Lipinski definition) is 0. The van der Waals surface area contributed by atoms with E-state index < -0.39 is 16.4 Å². The third kappa shape index (κ3) is 2.90. The molecular formula is C28H34N2O6. The molecule has 8 nitrogen and oxygen atoms in total. The predicted octanol–water partition coefficient (Wildman–Crippen LogP) is 4.02. The van der Waals surface area contributed by atoms with Crippen molar-refractivity contribution >= 4 is 28.8 Å². The Balaban J connectivity index is 1.13. The van der Waals surface area contributed by atoms with E-state index in [1.807, 2.05) is 48.8 Å². The van der Waals surface area contributed by atoms with Crippen molar-refractivity contribution in [1.29, 1.82) is 0 Å². The Bertz CT molecular complexity index is 1270. The first-order valence-electron chi connectivity index (χ1n) is 12.9. The summed E-state index contributed by atoms with van der Waals surface area (Å²) in [6.45, 7) is 8.52. The van der Waals surface area contributed by atoms with Gasteiger partial charge in [0.05, 0.1) is 12.5 Å². The van der Waals surface area contributed by atoms with E-state index in [-0.39, 0.29) is 23.2 Å². The van der Waals surface area contributed by atoms with Crippen LogP contribution in [-0.2, 0) is 14.3 Å². The number of fused-ring (bicyclic) bond motifs is 3. The van der Waals surface area contributed by atoms with Gasteiger partial charge in [0.2, 0.25) is 0 Å². The number of rotatable bonds is 3. The van der Waals surface area contributed by atoms with E-state index in [9.17, 15) is 14.4 Å². The van der Waals surface area contributed by atoms with Crippen LogP contribution >= 0.6 is 0 Å². The number of methoxy groups -OCH3 is 1. The van der Waals surface area contributed by atoms with Gasteiger partial charge in [0.15, 0.2) is 22.7 Å². The number of carbonyl (C=O) groups is 3. The standard InChI is InChI=1S/C28H34N2O6/c1-25(2)26(3)8-9-28(25,36-24(26)33)23(32)30-15-12-27(17-30)10-13-29(14-11-27)22(31)20-16-18-6-5-7-19(34-4)21(18)35-20/h5-7,16H,8-15,17H2,1-4H3. The predicted molar refractivity (Wildman–Crippen MR) is 131 cm³/mol. The van der Waals surface area contributed by atoms with E-state index in [1.54, 1.807) is 13.2 Å². The summed E-state index contributed by atoms with van der Waals surface area (Å²) in [5, 5.41) is 0.842. The second kappa shape index (κ2) is 7.49. The molecule has 0 N–H and O–H groups in total. The third-order valence-corrected chi connectivity index (χ3v) is 10.2. The van der Waals surface area contributed by atoms with Crippen LogP contribution in [0.25, 0.3) is 11.0 Å². The number of ether oxygens (including phenoxy) is 2. The average molecular weight is 495 g/mol. The Hall–Kier alpha value is -3.03. The summed E-state index contributed by atoms with van der Waals surface area (Å²) in [5.41, 5.74) is -1.61. The average Bonchev–Trinajstić information content (AvgIpc) is 3.57.